The van der Waals surface area contributed by atoms with Gasteiger partial charge in [0.2, 0.25) is 11.7 Å². The van der Waals surface area contributed by atoms with Crippen LogP contribution in [0.15, 0.2) is 48.5 Å². The number of benzene rings is 2. The van der Waals surface area contributed by atoms with Gasteiger partial charge in [-0.15, -0.1) is 10.2 Å². The lowest BCUT2D eigenvalue weighted by Crippen LogP contribution is -2.42. The predicted molar refractivity (Wildman–Crippen MR) is 108 cm³/mol. The molecule has 150 valence electrons. The van der Waals surface area contributed by atoms with Crippen molar-refractivity contribution in [2.45, 2.75) is 39.3 Å². The van der Waals surface area contributed by atoms with Crippen LogP contribution in [0.3, 0.4) is 0 Å². The van der Waals surface area contributed by atoms with E-state index in [4.69, 9.17) is 0 Å². The first-order chi connectivity index (χ1) is 14.0. The number of carboxylic acids is 1. The summed E-state index contributed by atoms with van der Waals surface area (Å²) in [5.41, 5.74) is 3.47. The summed E-state index contributed by atoms with van der Waals surface area (Å²) in [5, 5.41) is 23.7. The molecule has 1 atom stereocenters. The zero-order valence-electron chi connectivity index (χ0n) is 16.4. The Morgan fingerprint density at radius 2 is 1.90 bits per heavy atom. The molecule has 1 unspecified atom stereocenters. The van der Waals surface area contributed by atoms with Crippen LogP contribution < -0.4 is 0 Å². The molecule has 8 heteroatoms. The van der Waals surface area contributed by atoms with Crippen molar-refractivity contribution in [3.8, 4) is 22.5 Å². The Morgan fingerprint density at radius 3 is 2.52 bits per heavy atom. The molecule has 0 fully saturated rings. The smallest absolute Gasteiger partial charge is 0.326 e. The van der Waals surface area contributed by atoms with E-state index in [1.807, 2.05) is 55.5 Å². The minimum absolute atomic E-state index is 0.185. The number of nitrogens with one attached hydrogen (secondary N) is 1. The average molecular weight is 393 g/mol. The molecule has 29 heavy (non-hydrogen) atoms. The molecule has 1 amide bonds. The summed E-state index contributed by atoms with van der Waals surface area (Å²) in [6.45, 7) is 3.60. The number of carboxylic acid groups (broad SMARTS) is 1. The predicted octanol–water partition coefficient (Wildman–Crippen LogP) is 3.14. The number of amides is 1. The van der Waals surface area contributed by atoms with Gasteiger partial charge in [-0.2, -0.15) is 5.21 Å². The average Bonchev–Trinajstić information content (AvgIpc) is 3.27. The summed E-state index contributed by atoms with van der Waals surface area (Å²) < 4.78 is 0. The summed E-state index contributed by atoms with van der Waals surface area (Å²) in [4.78, 5) is 25.4. The van der Waals surface area contributed by atoms with E-state index in [9.17, 15) is 14.7 Å². The molecular weight excluding hydrogens is 370 g/mol. The molecule has 0 radical (unpaired) electrons. The third-order valence-electron chi connectivity index (χ3n) is 4.72. The Labute approximate surface area is 168 Å². The minimum Gasteiger partial charge on any atom is -0.480 e. The van der Waals surface area contributed by atoms with Crippen LogP contribution in [0.2, 0.25) is 0 Å². The number of hydrogen-bond donors (Lipinski definition) is 2. The van der Waals surface area contributed by atoms with Crippen molar-refractivity contribution in [2.75, 3.05) is 0 Å². The molecule has 0 aliphatic heterocycles. The molecule has 0 aliphatic rings. The second-order valence-electron chi connectivity index (χ2n) is 6.77. The van der Waals surface area contributed by atoms with E-state index >= 15 is 0 Å². The second kappa shape index (κ2) is 9.09. The number of tetrazole rings is 1. The Hall–Kier alpha value is -3.55. The Bertz CT molecular complexity index is 973. The number of nitrogens with zero attached hydrogens (tertiary/aromatic N) is 4. The Kier molecular flexibility index (Phi) is 6.33. The summed E-state index contributed by atoms with van der Waals surface area (Å²) in [6, 6.07) is 14.6. The third kappa shape index (κ3) is 4.66. The lowest BCUT2D eigenvalue weighted by molar-refractivity contribution is -0.150. The highest BCUT2D eigenvalue weighted by atomic mass is 16.4. The zero-order chi connectivity index (χ0) is 20.8. The molecule has 0 bridgehead atoms. The van der Waals surface area contributed by atoms with Gasteiger partial charge in [-0.3, -0.25) is 4.79 Å². The van der Waals surface area contributed by atoms with E-state index in [2.05, 4.69) is 20.6 Å². The molecule has 1 aromatic heterocycles. The molecule has 2 aromatic carbocycles. The van der Waals surface area contributed by atoms with E-state index in [1.165, 1.54) is 11.8 Å². The highest BCUT2D eigenvalue weighted by Crippen LogP contribution is 2.31. The van der Waals surface area contributed by atoms with Crippen LogP contribution in [-0.4, -0.2) is 48.5 Å². The Balaban J connectivity index is 2.00. The number of rotatable bonds is 8. The maximum absolute atomic E-state index is 12.5. The van der Waals surface area contributed by atoms with Gasteiger partial charge >= 0.3 is 5.97 Å². The first-order valence-corrected chi connectivity index (χ1v) is 9.45. The van der Waals surface area contributed by atoms with Gasteiger partial charge in [0.15, 0.2) is 0 Å². The number of hydrogen-bond acceptors (Lipinski definition) is 5. The summed E-state index contributed by atoms with van der Waals surface area (Å²) >= 11 is 0. The van der Waals surface area contributed by atoms with E-state index < -0.39 is 12.0 Å². The van der Waals surface area contributed by atoms with Crippen LogP contribution in [0.5, 0.6) is 0 Å². The normalized spacial score (nSPS) is 11.8. The van der Waals surface area contributed by atoms with Crippen LogP contribution in [0.1, 0.15) is 32.3 Å². The largest absolute Gasteiger partial charge is 0.480 e. The monoisotopic (exact) mass is 393 g/mol. The first-order valence-electron chi connectivity index (χ1n) is 9.45. The molecular formula is C21H23N5O3. The summed E-state index contributed by atoms with van der Waals surface area (Å²) in [7, 11) is 0. The van der Waals surface area contributed by atoms with Crippen LogP contribution in [0.25, 0.3) is 22.5 Å². The maximum atomic E-state index is 12.5. The van der Waals surface area contributed by atoms with Gasteiger partial charge in [-0.25, -0.2) is 4.79 Å². The van der Waals surface area contributed by atoms with Crippen LogP contribution in [0.4, 0.5) is 0 Å². The first kappa shape index (κ1) is 20.2. The number of H-pyrrole nitrogens is 1. The quantitative estimate of drug-likeness (QED) is 0.608. The third-order valence-corrected chi connectivity index (χ3v) is 4.72. The van der Waals surface area contributed by atoms with Gasteiger partial charge in [0, 0.05) is 18.5 Å². The minimum atomic E-state index is -1.03. The van der Waals surface area contributed by atoms with Gasteiger partial charge in [0.25, 0.3) is 0 Å². The second-order valence-corrected chi connectivity index (χ2v) is 6.77. The molecule has 8 nitrogen and oxygen atoms in total. The molecule has 2 N–H and O–H groups in total. The van der Waals surface area contributed by atoms with Crippen molar-refractivity contribution in [3.63, 3.8) is 0 Å². The number of aromatic nitrogens is 4. The van der Waals surface area contributed by atoms with E-state index in [1.54, 1.807) is 0 Å². The number of aliphatic carboxylic acids is 1. The summed E-state index contributed by atoms with van der Waals surface area (Å²) in [6.07, 6.45) is 0.958. The van der Waals surface area contributed by atoms with Gasteiger partial charge < -0.3 is 10.0 Å². The van der Waals surface area contributed by atoms with Crippen molar-refractivity contribution in [1.82, 2.24) is 25.5 Å². The van der Waals surface area contributed by atoms with Crippen LogP contribution in [-0.2, 0) is 16.1 Å². The van der Waals surface area contributed by atoms with E-state index in [0.29, 0.717) is 18.7 Å². The van der Waals surface area contributed by atoms with E-state index in [0.717, 1.165) is 22.3 Å². The molecule has 0 saturated heterocycles. The maximum Gasteiger partial charge on any atom is 0.326 e. The molecule has 0 saturated carbocycles. The highest BCUT2D eigenvalue weighted by molar-refractivity contribution is 5.84. The van der Waals surface area contributed by atoms with Crippen molar-refractivity contribution in [1.29, 1.82) is 0 Å². The fourth-order valence-corrected chi connectivity index (χ4v) is 3.15. The van der Waals surface area contributed by atoms with Gasteiger partial charge in [-0.05, 0) is 41.3 Å². The fourth-order valence-electron chi connectivity index (χ4n) is 3.15. The fraction of sp³-hybridized carbons (Fsp3) is 0.286. The summed E-state index contributed by atoms with van der Waals surface area (Å²) in [5.74, 6) is -0.784. The topological polar surface area (TPSA) is 112 Å². The van der Waals surface area contributed by atoms with Crippen molar-refractivity contribution < 1.29 is 14.7 Å². The van der Waals surface area contributed by atoms with Gasteiger partial charge in [-0.1, -0.05) is 49.4 Å². The van der Waals surface area contributed by atoms with Crippen molar-refractivity contribution in [2.24, 2.45) is 0 Å². The molecule has 3 aromatic rings. The lowest BCUT2D eigenvalue weighted by Gasteiger charge is -2.27. The van der Waals surface area contributed by atoms with Crippen molar-refractivity contribution >= 4 is 11.9 Å². The SMILES string of the molecule is CCCC(=O)N(Cc1ccc(-c2ccccc2)c(-c2nn[nH]n2)c1)C(C)C(=O)O. The number of carbonyl (C=O) groups excluding carboxylic acids is 1. The number of aromatic amines is 1. The van der Waals surface area contributed by atoms with E-state index in [-0.39, 0.29) is 12.5 Å². The standard InChI is InChI=1S/C21H23N5O3/c1-3-7-19(27)26(14(2)21(28)29)13-15-10-11-17(16-8-5-4-6-9-16)18(12-15)20-22-24-25-23-20/h4-6,8-12,14H,3,7,13H2,1-2H3,(H,28,29)(H,22,23,24,25). The number of carbonyl (C=O) groups is 2. The molecule has 0 aliphatic carbocycles. The zero-order valence-corrected chi connectivity index (χ0v) is 16.4. The molecule has 1 heterocycles. The van der Waals surface area contributed by atoms with Crippen LogP contribution >= 0.6 is 0 Å². The molecule has 0 spiro atoms. The molecule has 3 rings (SSSR count). The van der Waals surface area contributed by atoms with Gasteiger partial charge in [0.1, 0.15) is 6.04 Å². The van der Waals surface area contributed by atoms with Crippen molar-refractivity contribution in [3.05, 3.63) is 54.1 Å². The van der Waals surface area contributed by atoms with Gasteiger partial charge in [0.05, 0.1) is 0 Å². The van der Waals surface area contributed by atoms with Crippen LogP contribution in [0, 0.1) is 0 Å². The lowest BCUT2D eigenvalue weighted by atomic mass is 9.96. The highest BCUT2D eigenvalue weighted by Gasteiger charge is 2.25. The Morgan fingerprint density at radius 1 is 1.14 bits per heavy atom.